The Morgan fingerprint density at radius 2 is 1.78 bits per heavy atom. The molecule has 2 aromatic rings. The zero-order valence-corrected chi connectivity index (χ0v) is 16.9. The molecule has 4 heteroatoms. The zero-order chi connectivity index (χ0) is 19.1. The highest BCUT2D eigenvalue weighted by Gasteiger charge is 2.37. The fourth-order valence-corrected chi connectivity index (χ4v) is 5.17. The Kier molecular flexibility index (Phi) is 4.85. The van der Waals surface area contributed by atoms with Crippen LogP contribution in [0.2, 0.25) is 0 Å². The number of carbonyl (C=O) groups excluding carboxylic acids is 1. The Balaban J connectivity index is 1.58. The Bertz CT molecular complexity index is 814. The highest BCUT2D eigenvalue weighted by molar-refractivity contribution is 5.95. The minimum absolute atomic E-state index is 0.168. The van der Waals surface area contributed by atoms with Crippen molar-refractivity contribution in [3.63, 3.8) is 0 Å². The van der Waals surface area contributed by atoms with Crippen LogP contribution in [0.4, 0.5) is 0 Å². The average molecular weight is 366 g/mol. The van der Waals surface area contributed by atoms with Crippen LogP contribution in [0.1, 0.15) is 66.0 Å². The van der Waals surface area contributed by atoms with Crippen LogP contribution in [0.3, 0.4) is 0 Å². The summed E-state index contributed by atoms with van der Waals surface area (Å²) >= 11 is 0. The minimum Gasteiger partial charge on any atom is -0.341 e. The third-order valence-corrected chi connectivity index (χ3v) is 6.70. The molecule has 0 aliphatic carbocycles. The molecule has 27 heavy (non-hydrogen) atoms. The monoisotopic (exact) mass is 365 g/mol. The summed E-state index contributed by atoms with van der Waals surface area (Å²) in [5, 5.41) is 3.67. The van der Waals surface area contributed by atoms with Crippen LogP contribution in [0.25, 0.3) is 0 Å². The lowest BCUT2D eigenvalue weighted by atomic mass is 9.98. The number of amides is 1. The molecule has 3 heterocycles. The van der Waals surface area contributed by atoms with Crippen molar-refractivity contribution in [2.24, 2.45) is 0 Å². The summed E-state index contributed by atoms with van der Waals surface area (Å²) < 4.78 is 2.29. The molecule has 0 spiro atoms. The number of aryl methyl sites for hydroxylation is 1. The molecule has 2 aliphatic heterocycles. The van der Waals surface area contributed by atoms with Gasteiger partial charge < -0.3 is 14.8 Å². The quantitative estimate of drug-likeness (QED) is 0.887. The molecule has 1 aromatic carbocycles. The number of rotatable bonds is 4. The van der Waals surface area contributed by atoms with Gasteiger partial charge in [-0.2, -0.15) is 0 Å². The minimum atomic E-state index is 0.168. The van der Waals surface area contributed by atoms with Crippen molar-refractivity contribution in [2.45, 2.75) is 70.6 Å². The Labute approximate surface area is 162 Å². The molecule has 0 saturated carbocycles. The van der Waals surface area contributed by atoms with E-state index in [1.165, 1.54) is 18.4 Å². The second-order valence-electron chi connectivity index (χ2n) is 8.42. The van der Waals surface area contributed by atoms with Crippen LogP contribution in [-0.2, 0) is 0 Å². The van der Waals surface area contributed by atoms with E-state index in [1.807, 2.05) is 18.0 Å². The lowest BCUT2D eigenvalue weighted by Gasteiger charge is -2.35. The smallest absolute Gasteiger partial charge is 0.255 e. The van der Waals surface area contributed by atoms with E-state index < -0.39 is 0 Å². The van der Waals surface area contributed by atoms with Gasteiger partial charge in [0.1, 0.15) is 0 Å². The first-order valence-corrected chi connectivity index (χ1v) is 10.2. The zero-order valence-electron chi connectivity index (χ0n) is 16.9. The predicted molar refractivity (Wildman–Crippen MR) is 109 cm³/mol. The number of carbonyl (C=O) groups is 1. The van der Waals surface area contributed by atoms with E-state index >= 15 is 0 Å². The largest absolute Gasteiger partial charge is 0.341 e. The highest BCUT2D eigenvalue weighted by Crippen LogP contribution is 2.31. The molecular formula is C23H31N3O. The summed E-state index contributed by atoms with van der Waals surface area (Å²) in [7, 11) is 1.99. The first kappa shape index (κ1) is 18.3. The molecule has 1 amide bonds. The van der Waals surface area contributed by atoms with Crippen LogP contribution in [0.15, 0.2) is 36.4 Å². The van der Waals surface area contributed by atoms with Gasteiger partial charge in [0, 0.05) is 36.6 Å². The number of benzene rings is 1. The third kappa shape index (κ3) is 3.31. The summed E-state index contributed by atoms with van der Waals surface area (Å²) in [6, 6.07) is 14.3. The van der Waals surface area contributed by atoms with Crippen molar-refractivity contribution in [1.82, 2.24) is 14.8 Å². The molecule has 144 valence electrons. The maximum Gasteiger partial charge on any atom is 0.255 e. The molecule has 0 radical (unpaired) electrons. The van der Waals surface area contributed by atoms with E-state index in [-0.39, 0.29) is 11.9 Å². The first-order valence-electron chi connectivity index (χ1n) is 10.2. The average Bonchev–Trinajstić information content (AvgIpc) is 3.18. The fraction of sp³-hybridized carbons (Fsp3) is 0.522. The second kappa shape index (κ2) is 7.16. The number of hydrogen-bond donors (Lipinski definition) is 1. The van der Waals surface area contributed by atoms with Gasteiger partial charge in [0.2, 0.25) is 0 Å². The standard InChI is InChI=1S/C23H31N3O/c1-15-12-22(17(3)26(15)16(2)18-8-6-5-7-9-18)23(27)25(4)21-13-19-10-11-20(14-21)24-19/h5-9,12,16,19-21,24H,10-11,13-14H2,1-4H3. The summed E-state index contributed by atoms with van der Waals surface area (Å²) in [6.45, 7) is 6.39. The van der Waals surface area contributed by atoms with Crippen LogP contribution < -0.4 is 5.32 Å². The molecule has 2 fully saturated rings. The summed E-state index contributed by atoms with van der Waals surface area (Å²) in [4.78, 5) is 15.3. The van der Waals surface area contributed by atoms with Crippen molar-refractivity contribution in [2.75, 3.05) is 7.05 Å². The van der Waals surface area contributed by atoms with Gasteiger partial charge in [0.25, 0.3) is 5.91 Å². The molecule has 4 rings (SSSR count). The molecule has 2 bridgehead atoms. The number of aromatic nitrogens is 1. The van der Waals surface area contributed by atoms with Gasteiger partial charge in [-0.3, -0.25) is 4.79 Å². The molecule has 2 saturated heterocycles. The number of nitrogens with zero attached hydrogens (tertiary/aromatic N) is 2. The van der Waals surface area contributed by atoms with Crippen LogP contribution in [0.5, 0.6) is 0 Å². The predicted octanol–water partition coefficient (Wildman–Crippen LogP) is 4.07. The lowest BCUT2D eigenvalue weighted by Crippen LogP contribution is -2.48. The van der Waals surface area contributed by atoms with Crippen molar-refractivity contribution < 1.29 is 4.79 Å². The van der Waals surface area contributed by atoms with Gasteiger partial charge >= 0.3 is 0 Å². The number of hydrogen-bond acceptors (Lipinski definition) is 2. The third-order valence-electron chi connectivity index (χ3n) is 6.70. The van der Waals surface area contributed by atoms with Gasteiger partial charge in [-0.15, -0.1) is 0 Å². The SMILES string of the molecule is Cc1cc(C(=O)N(C)C2CC3CCC(C2)N3)c(C)n1C(C)c1ccccc1. The summed E-state index contributed by atoms with van der Waals surface area (Å²) in [5.41, 5.74) is 4.33. The molecule has 2 aliphatic rings. The summed E-state index contributed by atoms with van der Waals surface area (Å²) in [5.74, 6) is 0.168. The number of piperidine rings is 1. The maximum absolute atomic E-state index is 13.3. The van der Waals surface area contributed by atoms with Crippen LogP contribution >= 0.6 is 0 Å². The summed E-state index contributed by atoms with van der Waals surface area (Å²) in [6.07, 6.45) is 4.67. The first-order chi connectivity index (χ1) is 13.0. The molecule has 3 atom stereocenters. The number of fused-ring (bicyclic) bond motifs is 2. The molecular weight excluding hydrogens is 334 g/mol. The van der Waals surface area contributed by atoms with Crippen molar-refractivity contribution >= 4 is 5.91 Å². The van der Waals surface area contributed by atoms with E-state index in [0.717, 1.165) is 29.8 Å². The lowest BCUT2D eigenvalue weighted by molar-refractivity contribution is 0.0681. The van der Waals surface area contributed by atoms with Gasteiger partial charge in [-0.25, -0.2) is 0 Å². The number of nitrogens with one attached hydrogen (secondary N) is 1. The van der Waals surface area contributed by atoms with Crippen molar-refractivity contribution in [3.05, 3.63) is 58.9 Å². The van der Waals surface area contributed by atoms with E-state index in [1.54, 1.807) is 0 Å². The van der Waals surface area contributed by atoms with Gasteiger partial charge in [0.15, 0.2) is 0 Å². The van der Waals surface area contributed by atoms with Gasteiger partial charge in [-0.05, 0) is 58.1 Å². The fourth-order valence-electron chi connectivity index (χ4n) is 5.17. The Morgan fingerprint density at radius 3 is 2.41 bits per heavy atom. The maximum atomic E-state index is 13.3. The molecule has 1 N–H and O–H groups in total. The van der Waals surface area contributed by atoms with Crippen molar-refractivity contribution in [3.8, 4) is 0 Å². The van der Waals surface area contributed by atoms with E-state index in [4.69, 9.17) is 0 Å². The Morgan fingerprint density at radius 1 is 1.15 bits per heavy atom. The Hall–Kier alpha value is -2.07. The topological polar surface area (TPSA) is 37.3 Å². The van der Waals surface area contributed by atoms with Crippen LogP contribution in [0, 0.1) is 13.8 Å². The van der Waals surface area contributed by atoms with Crippen molar-refractivity contribution in [1.29, 1.82) is 0 Å². The van der Waals surface area contributed by atoms with Crippen LogP contribution in [-0.4, -0.2) is 40.5 Å². The van der Waals surface area contributed by atoms with E-state index in [0.29, 0.717) is 18.1 Å². The van der Waals surface area contributed by atoms with E-state index in [2.05, 4.69) is 61.0 Å². The molecule has 4 nitrogen and oxygen atoms in total. The van der Waals surface area contributed by atoms with Gasteiger partial charge in [-0.1, -0.05) is 30.3 Å². The van der Waals surface area contributed by atoms with Gasteiger partial charge in [0.05, 0.1) is 11.6 Å². The molecule has 1 aromatic heterocycles. The highest BCUT2D eigenvalue weighted by atomic mass is 16.2. The second-order valence-corrected chi connectivity index (χ2v) is 8.42. The normalized spacial score (nSPS) is 25.4. The molecule has 3 unspecified atom stereocenters. The van der Waals surface area contributed by atoms with E-state index in [9.17, 15) is 4.79 Å².